The Morgan fingerprint density at radius 1 is 1.25 bits per heavy atom. The number of hydrogen-bond acceptors (Lipinski definition) is 0. The molecule has 1 heteroatoms. The molecule has 84 valence electrons. The smallest absolute Gasteiger partial charge is 0.126 e. The molecule has 0 spiro atoms. The fraction of sp³-hybridized carbons (Fsp3) is 0.333. The number of allylic oxidation sites excluding steroid dienone is 3. The lowest BCUT2D eigenvalue weighted by atomic mass is 9.94. The second kappa shape index (κ2) is 4.25. The summed E-state index contributed by atoms with van der Waals surface area (Å²) < 4.78 is 13.6. The fourth-order valence-electron chi connectivity index (χ4n) is 2.38. The molecule has 1 aliphatic carbocycles. The van der Waals surface area contributed by atoms with Crippen LogP contribution in [0, 0.1) is 5.82 Å². The molecule has 0 aliphatic heterocycles. The third-order valence-corrected chi connectivity index (χ3v) is 3.53. The summed E-state index contributed by atoms with van der Waals surface area (Å²) in [5.41, 5.74) is 5.72. The maximum absolute atomic E-state index is 13.6. The summed E-state index contributed by atoms with van der Waals surface area (Å²) in [6.45, 7) is 7.92. The van der Waals surface area contributed by atoms with Gasteiger partial charge < -0.3 is 0 Å². The fourth-order valence-corrected chi connectivity index (χ4v) is 2.38. The van der Waals surface area contributed by atoms with E-state index in [1.165, 1.54) is 22.3 Å². The lowest BCUT2D eigenvalue weighted by Crippen LogP contribution is -1.95. The first kappa shape index (κ1) is 11.1. The summed E-state index contributed by atoms with van der Waals surface area (Å²) >= 11 is 0. The van der Waals surface area contributed by atoms with Crippen molar-refractivity contribution in [3.63, 3.8) is 0 Å². The molecule has 16 heavy (non-hydrogen) atoms. The predicted molar refractivity (Wildman–Crippen MR) is 66.9 cm³/mol. The van der Waals surface area contributed by atoms with Crippen LogP contribution in [0.15, 0.2) is 30.4 Å². The molecule has 0 heterocycles. The molecule has 1 aromatic rings. The molecule has 0 amide bonds. The number of benzene rings is 1. The number of hydrogen-bond donors (Lipinski definition) is 0. The van der Waals surface area contributed by atoms with Crippen molar-refractivity contribution in [1.29, 1.82) is 0 Å². The second-order valence-electron chi connectivity index (χ2n) is 4.42. The Morgan fingerprint density at radius 2 is 1.94 bits per heavy atom. The summed E-state index contributed by atoms with van der Waals surface area (Å²) in [6.07, 6.45) is 4.82. The van der Waals surface area contributed by atoms with E-state index in [2.05, 4.69) is 13.5 Å². The Labute approximate surface area is 96.5 Å². The van der Waals surface area contributed by atoms with E-state index in [1.807, 2.05) is 19.1 Å². The van der Waals surface area contributed by atoms with Gasteiger partial charge in [-0.05, 0) is 67.0 Å². The minimum absolute atomic E-state index is 0.0414. The van der Waals surface area contributed by atoms with Crippen LogP contribution in [0.1, 0.15) is 37.0 Å². The summed E-state index contributed by atoms with van der Waals surface area (Å²) in [6, 6.07) is 3.50. The Bertz CT molecular complexity index is 467. The molecule has 0 unspecified atom stereocenters. The maximum atomic E-state index is 13.6. The van der Waals surface area contributed by atoms with E-state index in [9.17, 15) is 4.39 Å². The van der Waals surface area contributed by atoms with Crippen LogP contribution in [-0.4, -0.2) is 0 Å². The Kier molecular flexibility index (Phi) is 2.95. The van der Waals surface area contributed by atoms with Crippen molar-refractivity contribution in [2.75, 3.05) is 0 Å². The summed E-state index contributed by atoms with van der Waals surface area (Å²) in [4.78, 5) is 0. The Morgan fingerprint density at radius 3 is 2.62 bits per heavy atom. The summed E-state index contributed by atoms with van der Waals surface area (Å²) in [5.74, 6) is -0.0414. The van der Waals surface area contributed by atoms with E-state index in [4.69, 9.17) is 0 Å². The lowest BCUT2D eigenvalue weighted by Gasteiger charge is -2.11. The molecule has 1 aliphatic rings. The highest BCUT2D eigenvalue weighted by molar-refractivity contribution is 5.72. The molecule has 2 rings (SSSR count). The largest absolute Gasteiger partial charge is 0.207 e. The number of halogens is 1. The molecule has 1 aromatic carbocycles. The van der Waals surface area contributed by atoms with Crippen LogP contribution in [0.5, 0.6) is 0 Å². The van der Waals surface area contributed by atoms with E-state index in [1.54, 1.807) is 6.07 Å². The van der Waals surface area contributed by atoms with Crippen LogP contribution in [0.3, 0.4) is 0 Å². The Hall–Kier alpha value is -1.37. The van der Waals surface area contributed by atoms with Crippen LogP contribution in [0.4, 0.5) is 4.39 Å². The molecule has 0 bridgehead atoms. The molecule has 0 atom stereocenters. The van der Waals surface area contributed by atoms with Crippen LogP contribution in [-0.2, 0) is 12.8 Å². The SMILES string of the molecule is C=CC(C)=C(C)c1ccc(F)c2c1CCC2. The van der Waals surface area contributed by atoms with Crippen molar-refractivity contribution in [1.82, 2.24) is 0 Å². The van der Waals surface area contributed by atoms with E-state index < -0.39 is 0 Å². The molecule has 0 aromatic heterocycles. The molecule has 0 saturated carbocycles. The average molecular weight is 216 g/mol. The minimum Gasteiger partial charge on any atom is -0.207 e. The molecule has 0 nitrogen and oxygen atoms in total. The van der Waals surface area contributed by atoms with Gasteiger partial charge in [0.25, 0.3) is 0 Å². The summed E-state index contributed by atoms with van der Waals surface area (Å²) in [5, 5.41) is 0. The number of fused-ring (bicyclic) bond motifs is 1. The number of rotatable bonds is 2. The van der Waals surface area contributed by atoms with Gasteiger partial charge in [0.05, 0.1) is 0 Å². The highest BCUT2D eigenvalue weighted by atomic mass is 19.1. The zero-order chi connectivity index (χ0) is 11.7. The monoisotopic (exact) mass is 216 g/mol. The van der Waals surface area contributed by atoms with Gasteiger partial charge in [-0.2, -0.15) is 0 Å². The summed E-state index contributed by atoms with van der Waals surface area (Å²) in [7, 11) is 0. The van der Waals surface area contributed by atoms with Gasteiger partial charge >= 0.3 is 0 Å². The quantitative estimate of drug-likeness (QED) is 0.647. The van der Waals surface area contributed by atoms with Crippen LogP contribution in [0.2, 0.25) is 0 Å². The third-order valence-electron chi connectivity index (χ3n) is 3.53. The van der Waals surface area contributed by atoms with Crippen molar-refractivity contribution in [3.8, 4) is 0 Å². The molecule has 0 fully saturated rings. The zero-order valence-corrected chi connectivity index (χ0v) is 9.94. The van der Waals surface area contributed by atoms with Crippen LogP contribution < -0.4 is 0 Å². The third kappa shape index (κ3) is 1.71. The first-order valence-corrected chi connectivity index (χ1v) is 5.75. The highest BCUT2D eigenvalue weighted by Gasteiger charge is 2.19. The van der Waals surface area contributed by atoms with Gasteiger partial charge in [-0.3, -0.25) is 0 Å². The molecular formula is C15H17F. The second-order valence-corrected chi connectivity index (χ2v) is 4.42. The van der Waals surface area contributed by atoms with Gasteiger partial charge in [-0.15, -0.1) is 0 Å². The van der Waals surface area contributed by atoms with Crippen molar-refractivity contribution < 1.29 is 4.39 Å². The minimum atomic E-state index is -0.0414. The lowest BCUT2D eigenvalue weighted by molar-refractivity contribution is 0.612. The maximum Gasteiger partial charge on any atom is 0.126 e. The van der Waals surface area contributed by atoms with Crippen molar-refractivity contribution in [3.05, 3.63) is 52.9 Å². The van der Waals surface area contributed by atoms with Gasteiger partial charge in [-0.1, -0.05) is 18.7 Å². The topological polar surface area (TPSA) is 0 Å². The van der Waals surface area contributed by atoms with Gasteiger partial charge in [0, 0.05) is 0 Å². The average Bonchev–Trinajstić information content (AvgIpc) is 2.77. The first-order valence-electron chi connectivity index (χ1n) is 5.75. The van der Waals surface area contributed by atoms with Gasteiger partial charge in [0.1, 0.15) is 5.82 Å². The van der Waals surface area contributed by atoms with Crippen LogP contribution >= 0.6 is 0 Å². The van der Waals surface area contributed by atoms with Crippen LogP contribution in [0.25, 0.3) is 5.57 Å². The molecule has 0 radical (unpaired) electrons. The molecule has 0 saturated heterocycles. The standard InChI is InChI=1S/C15H17F/c1-4-10(2)11(3)12-8-9-15(16)14-7-5-6-13(12)14/h4,8-9H,1,5-7H2,2-3H3. The van der Waals surface area contributed by atoms with Crippen molar-refractivity contribution in [2.24, 2.45) is 0 Å². The molecular weight excluding hydrogens is 199 g/mol. The van der Waals surface area contributed by atoms with Gasteiger partial charge in [0.15, 0.2) is 0 Å². The van der Waals surface area contributed by atoms with E-state index in [0.29, 0.717) is 0 Å². The predicted octanol–water partition coefficient (Wildman–Crippen LogP) is 4.29. The van der Waals surface area contributed by atoms with Crippen molar-refractivity contribution in [2.45, 2.75) is 33.1 Å². The highest BCUT2D eigenvalue weighted by Crippen LogP contribution is 2.32. The normalized spacial score (nSPS) is 15.7. The van der Waals surface area contributed by atoms with Gasteiger partial charge in [-0.25, -0.2) is 4.39 Å². The zero-order valence-electron chi connectivity index (χ0n) is 9.94. The van der Waals surface area contributed by atoms with Crippen molar-refractivity contribution >= 4 is 5.57 Å². The van der Waals surface area contributed by atoms with E-state index in [-0.39, 0.29) is 5.82 Å². The first-order chi connectivity index (χ1) is 7.65. The van der Waals surface area contributed by atoms with Gasteiger partial charge in [0.2, 0.25) is 0 Å². The van der Waals surface area contributed by atoms with E-state index in [0.717, 1.165) is 24.8 Å². The van der Waals surface area contributed by atoms with E-state index >= 15 is 0 Å². The Balaban J connectivity index is 2.60. The molecule has 0 N–H and O–H groups in total.